The first-order valence-electron chi connectivity index (χ1n) is 11.0. The molecule has 0 unspecified atom stereocenters. The van der Waals surface area contributed by atoms with Crippen LogP contribution >= 0.6 is 0 Å². The second-order valence-electron chi connectivity index (χ2n) is 8.50. The fraction of sp³-hybridized carbons (Fsp3) is 0.417. The second-order valence-corrected chi connectivity index (χ2v) is 8.50. The molecule has 1 amide bonds. The number of nitrogens with zero attached hydrogens (tertiary/aromatic N) is 4. The third-order valence-corrected chi connectivity index (χ3v) is 6.25. The van der Waals surface area contributed by atoms with E-state index in [4.69, 9.17) is 0 Å². The summed E-state index contributed by atoms with van der Waals surface area (Å²) >= 11 is 0. The predicted octanol–water partition coefficient (Wildman–Crippen LogP) is 2.84. The molecule has 30 heavy (non-hydrogen) atoms. The Bertz CT molecular complexity index is 1000. The molecule has 6 nitrogen and oxygen atoms in total. The van der Waals surface area contributed by atoms with Gasteiger partial charge in [0.2, 0.25) is 0 Å². The number of carbonyl (C=O) groups excluding carboxylic acids is 1. The summed E-state index contributed by atoms with van der Waals surface area (Å²) in [5.41, 5.74) is 3.00. The van der Waals surface area contributed by atoms with Gasteiger partial charge in [0.05, 0.1) is 5.56 Å². The summed E-state index contributed by atoms with van der Waals surface area (Å²) in [5.74, 6) is 2.10. The van der Waals surface area contributed by atoms with Crippen LogP contribution in [0.1, 0.15) is 28.8 Å². The molecule has 0 radical (unpaired) electrons. The summed E-state index contributed by atoms with van der Waals surface area (Å²) in [4.78, 5) is 21.8. The van der Waals surface area contributed by atoms with Crippen LogP contribution in [0.25, 0.3) is 5.52 Å². The lowest BCUT2D eigenvalue weighted by molar-refractivity contribution is 0.0953. The average Bonchev–Trinajstić information content (AvgIpc) is 3.50. The van der Waals surface area contributed by atoms with Gasteiger partial charge in [-0.1, -0.05) is 0 Å². The van der Waals surface area contributed by atoms with Gasteiger partial charge in [0.1, 0.15) is 5.82 Å². The highest BCUT2D eigenvalue weighted by atomic mass is 16.1. The van der Waals surface area contributed by atoms with Crippen LogP contribution in [0.4, 0.5) is 5.82 Å². The minimum atomic E-state index is -0.0279. The zero-order chi connectivity index (χ0) is 20.3. The second kappa shape index (κ2) is 8.48. The number of nitrogens with one attached hydrogen (secondary N) is 1. The summed E-state index contributed by atoms with van der Waals surface area (Å²) in [5, 5.41) is 3.04. The number of piperazine rings is 1. The lowest BCUT2D eigenvalue weighted by Crippen LogP contribution is -2.47. The molecule has 0 aromatic carbocycles. The Labute approximate surface area is 177 Å². The number of rotatable bonds is 7. The van der Waals surface area contributed by atoms with E-state index in [1.807, 2.05) is 30.5 Å². The molecule has 3 aromatic rings. The Morgan fingerprint density at radius 1 is 1.00 bits per heavy atom. The molecule has 6 heteroatoms. The van der Waals surface area contributed by atoms with Crippen LogP contribution in [-0.4, -0.2) is 59.5 Å². The first-order valence-corrected chi connectivity index (χ1v) is 11.0. The maximum atomic E-state index is 12.7. The SMILES string of the molecule is O=C(NCCc1ccncc1)c1ccc2ccc(N3CCN(CC4CC4)CC3)n2c1. The van der Waals surface area contributed by atoms with Crippen LogP contribution in [0.15, 0.2) is 55.0 Å². The van der Waals surface area contributed by atoms with Crippen molar-refractivity contribution >= 4 is 17.2 Å². The van der Waals surface area contributed by atoms with Gasteiger partial charge >= 0.3 is 0 Å². The van der Waals surface area contributed by atoms with Crippen molar-refractivity contribution in [1.82, 2.24) is 19.6 Å². The molecule has 5 rings (SSSR count). The molecule has 0 spiro atoms. The third kappa shape index (κ3) is 4.33. The molecule has 3 aromatic heterocycles. The molecule has 1 aliphatic heterocycles. The van der Waals surface area contributed by atoms with Crippen molar-refractivity contribution in [3.63, 3.8) is 0 Å². The maximum Gasteiger partial charge on any atom is 0.252 e. The zero-order valence-corrected chi connectivity index (χ0v) is 17.3. The van der Waals surface area contributed by atoms with Crippen LogP contribution in [0.2, 0.25) is 0 Å². The highest BCUT2D eigenvalue weighted by Gasteiger charge is 2.27. The largest absolute Gasteiger partial charge is 0.355 e. The molecule has 2 fully saturated rings. The minimum Gasteiger partial charge on any atom is -0.355 e. The van der Waals surface area contributed by atoms with Crippen molar-refractivity contribution in [1.29, 1.82) is 0 Å². The Morgan fingerprint density at radius 2 is 1.77 bits per heavy atom. The number of hydrogen-bond acceptors (Lipinski definition) is 4. The van der Waals surface area contributed by atoms with Gasteiger partial charge in [-0.2, -0.15) is 0 Å². The fourth-order valence-electron chi connectivity index (χ4n) is 4.28. The normalized spacial score (nSPS) is 17.4. The van der Waals surface area contributed by atoms with E-state index in [0.717, 1.165) is 44.0 Å². The minimum absolute atomic E-state index is 0.0279. The highest BCUT2D eigenvalue weighted by Crippen LogP contribution is 2.30. The lowest BCUT2D eigenvalue weighted by atomic mass is 10.2. The Kier molecular flexibility index (Phi) is 5.41. The number of aromatic nitrogens is 2. The van der Waals surface area contributed by atoms with E-state index < -0.39 is 0 Å². The van der Waals surface area contributed by atoms with Crippen molar-refractivity contribution in [3.8, 4) is 0 Å². The van der Waals surface area contributed by atoms with E-state index in [9.17, 15) is 4.79 Å². The average molecular weight is 404 g/mol. The van der Waals surface area contributed by atoms with Crippen molar-refractivity contribution < 1.29 is 4.79 Å². The van der Waals surface area contributed by atoms with Crippen LogP contribution in [0, 0.1) is 5.92 Å². The van der Waals surface area contributed by atoms with Gasteiger partial charge in [0.25, 0.3) is 5.91 Å². The van der Waals surface area contributed by atoms with Crippen LogP contribution < -0.4 is 10.2 Å². The molecule has 2 aliphatic rings. The van der Waals surface area contributed by atoms with E-state index in [1.165, 1.54) is 30.8 Å². The highest BCUT2D eigenvalue weighted by molar-refractivity contribution is 5.94. The molecule has 0 atom stereocenters. The number of hydrogen-bond donors (Lipinski definition) is 1. The van der Waals surface area contributed by atoms with Crippen molar-refractivity contribution in [2.75, 3.05) is 44.2 Å². The number of anilines is 1. The van der Waals surface area contributed by atoms with Gasteiger partial charge in [0, 0.05) is 63.4 Å². The Morgan fingerprint density at radius 3 is 2.53 bits per heavy atom. The number of carbonyl (C=O) groups is 1. The van der Waals surface area contributed by atoms with Crippen molar-refractivity contribution in [3.05, 3.63) is 66.1 Å². The lowest BCUT2D eigenvalue weighted by Gasteiger charge is -2.35. The van der Waals surface area contributed by atoms with Crippen LogP contribution in [0.5, 0.6) is 0 Å². The van der Waals surface area contributed by atoms with Gasteiger partial charge in [-0.05, 0) is 67.1 Å². The number of pyridine rings is 2. The smallest absolute Gasteiger partial charge is 0.252 e. The summed E-state index contributed by atoms with van der Waals surface area (Å²) in [6.07, 6.45) is 9.17. The molecule has 1 saturated carbocycles. The van der Waals surface area contributed by atoms with Crippen molar-refractivity contribution in [2.24, 2.45) is 5.92 Å². The summed E-state index contributed by atoms with van der Waals surface area (Å²) in [6, 6.07) is 12.2. The fourth-order valence-corrected chi connectivity index (χ4v) is 4.28. The molecule has 1 aliphatic carbocycles. The first kappa shape index (κ1) is 19.1. The van der Waals surface area contributed by atoms with Gasteiger partial charge < -0.3 is 14.6 Å². The van der Waals surface area contributed by atoms with E-state index in [0.29, 0.717) is 12.1 Å². The Hall–Kier alpha value is -2.86. The predicted molar refractivity (Wildman–Crippen MR) is 119 cm³/mol. The van der Waals surface area contributed by atoms with Gasteiger partial charge in [-0.3, -0.25) is 14.7 Å². The van der Waals surface area contributed by atoms with E-state index in [2.05, 4.69) is 36.6 Å². The molecule has 1 N–H and O–H groups in total. The molecule has 1 saturated heterocycles. The molecule has 0 bridgehead atoms. The quantitative estimate of drug-likeness (QED) is 0.659. The van der Waals surface area contributed by atoms with E-state index in [-0.39, 0.29) is 5.91 Å². The Balaban J connectivity index is 1.23. The van der Waals surface area contributed by atoms with Crippen LogP contribution in [0.3, 0.4) is 0 Å². The summed E-state index contributed by atoms with van der Waals surface area (Å²) in [7, 11) is 0. The number of fused-ring (bicyclic) bond motifs is 1. The van der Waals surface area contributed by atoms with Gasteiger partial charge in [-0.15, -0.1) is 0 Å². The van der Waals surface area contributed by atoms with Crippen molar-refractivity contribution in [2.45, 2.75) is 19.3 Å². The molecule has 156 valence electrons. The maximum absolute atomic E-state index is 12.7. The zero-order valence-electron chi connectivity index (χ0n) is 17.3. The molecule has 4 heterocycles. The standard InChI is InChI=1S/C24H29N5O/c30-24(26-12-9-19-7-10-25-11-8-19)21-3-4-22-5-6-23(29(22)18-21)28-15-13-27(14-16-28)17-20-1-2-20/h3-8,10-11,18,20H,1-2,9,12-17H2,(H,26,30). The molecular weight excluding hydrogens is 374 g/mol. The monoisotopic (exact) mass is 403 g/mol. The topological polar surface area (TPSA) is 52.9 Å². The van der Waals surface area contributed by atoms with Gasteiger partial charge in [0.15, 0.2) is 0 Å². The van der Waals surface area contributed by atoms with E-state index >= 15 is 0 Å². The van der Waals surface area contributed by atoms with Crippen LogP contribution in [-0.2, 0) is 6.42 Å². The molecular formula is C24H29N5O. The number of amides is 1. The summed E-state index contributed by atoms with van der Waals surface area (Å²) in [6.45, 7) is 6.22. The van der Waals surface area contributed by atoms with Gasteiger partial charge in [-0.25, -0.2) is 0 Å². The first-order chi connectivity index (χ1) is 14.8. The summed E-state index contributed by atoms with van der Waals surface area (Å²) < 4.78 is 2.16. The van der Waals surface area contributed by atoms with E-state index in [1.54, 1.807) is 12.4 Å². The third-order valence-electron chi connectivity index (χ3n) is 6.25.